The Bertz CT molecular complexity index is 668. The first kappa shape index (κ1) is 15.1. The molecule has 0 saturated carbocycles. The second-order valence-corrected chi connectivity index (χ2v) is 5.56. The zero-order valence-corrected chi connectivity index (χ0v) is 12.6. The average molecular weight is 314 g/mol. The molecule has 8 heteroatoms. The van der Waals surface area contributed by atoms with Crippen molar-refractivity contribution in [3.05, 3.63) is 35.7 Å². The fourth-order valence-corrected chi connectivity index (χ4v) is 2.54. The van der Waals surface area contributed by atoms with Gasteiger partial charge in [-0.2, -0.15) is 5.21 Å². The molecule has 2 amide bonds. The van der Waals surface area contributed by atoms with Gasteiger partial charge in [-0.1, -0.05) is 23.8 Å². The molecule has 23 heavy (non-hydrogen) atoms. The summed E-state index contributed by atoms with van der Waals surface area (Å²) in [4.78, 5) is 23.8. The van der Waals surface area contributed by atoms with Crippen LogP contribution >= 0.6 is 0 Å². The zero-order valence-electron chi connectivity index (χ0n) is 12.6. The van der Waals surface area contributed by atoms with Gasteiger partial charge in [0.15, 0.2) is 5.82 Å². The van der Waals surface area contributed by atoms with Gasteiger partial charge in [0.2, 0.25) is 11.8 Å². The second kappa shape index (κ2) is 6.99. The summed E-state index contributed by atoms with van der Waals surface area (Å²) in [6, 6.07) is 7.00. The molecule has 1 aliphatic rings. The van der Waals surface area contributed by atoms with Crippen LogP contribution in [0.5, 0.6) is 0 Å². The monoisotopic (exact) mass is 314 g/mol. The van der Waals surface area contributed by atoms with E-state index >= 15 is 0 Å². The van der Waals surface area contributed by atoms with Crippen LogP contribution < -0.4 is 10.6 Å². The van der Waals surface area contributed by atoms with E-state index in [0.717, 1.165) is 18.4 Å². The van der Waals surface area contributed by atoms with Gasteiger partial charge in [-0.3, -0.25) is 9.59 Å². The molecule has 0 radical (unpaired) electrons. The molecule has 1 saturated heterocycles. The van der Waals surface area contributed by atoms with Gasteiger partial charge in [0.25, 0.3) is 0 Å². The Hall–Kier alpha value is -2.77. The maximum Gasteiger partial charge on any atom is 0.246 e. The number of benzene rings is 1. The van der Waals surface area contributed by atoms with E-state index in [2.05, 4.69) is 31.3 Å². The highest BCUT2D eigenvalue weighted by Gasteiger charge is 2.22. The van der Waals surface area contributed by atoms with Gasteiger partial charge in [0.05, 0.1) is 0 Å². The van der Waals surface area contributed by atoms with E-state index in [1.165, 1.54) is 0 Å². The summed E-state index contributed by atoms with van der Waals surface area (Å²) in [5.74, 6) is 0.382. The van der Waals surface area contributed by atoms with Crippen LogP contribution in [-0.4, -0.2) is 38.5 Å². The van der Waals surface area contributed by atoms with Crippen LogP contribution in [0.2, 0.25) is 0 Å². The molecule has 0 bridgehead atoms. The summed E-state index contributed by atoms with van der Waals surface area (Å²) in [6.45, 7) is 0. The number of H-pyrrole nitrogens is 1. The number of aromatic amines is 1. The largest absolute Gasteiger partial charge is 0.344 e. The Kier molecular flexibility index (Phi) is 4.60. The summed E-state index contributed by atoms with van der Waals surface area (Å²) < 4.78 is 0. The number of carbonyl (C=O) groups is 2. The summed E-state index contributed by atoms with van der Waals surface area (Å²) >= 11 is 0. The van der Waals surface area contributed by atoms with Crippen molar-refractivity contribution in [1.29, 1.82) is 0 Å². The molecule has 8 nitrogen and oxygen atoms in total. The summed E-state index contributed by atoms with van der Waals surface area (Å²) in [6.07, 6.45) is 3.45. The topological polar surface area (TPSA) is 113 Å². The number of hydrogen-bond acceptors (Lipinski definition) is 5. The molecule has 2 heterocycles. The minimum Gasteiger partial charge on any atom is -0.344 e. The minimum absolute atomic E-state index is 0.0573. The van der Waals surface area contributed by atoms with Crippen molar-refractivity contribution < 1.29 is 9.59 Å². The predicted molar refractivity (Wildman–Crippen MR) is 82.5 cm³/mol. The molecule has 1 aromatic heterocycles. The Morgan fingerprint density at radius 2 is 2.09 bits per heavy atom. The van der Waals surface area contributed by atoms with Gasteiger partial charge < -0.3 is 10.6 Å². The van der Waals surface area contributed by atoms with E-state index in [1.54, 1.807) is 0 Å². The Morgan fingerprint density at radius 1 is 1.26 bits per heavy atom. The van der Waals surface area contributed by atoms with Gasteiger partial charge in [-0.25, -0.2) is 0 Å². The fourth-order valence-electron chi connectivity index (χ4n) is 2.54. The van der Waals surface area contributed by atoms with Crippen molar-refractivity contribution >= 4 is 17.5 Å². The van der Waals surface area contributed by atoms with Crippen molar-refractivity contribution in [1.82, 2.24) is 25.9 Å². The van der Waals surface area contributed by atoms with Crippen LogP contribution in [-0.2, 0) is 16.0 Å². The lowest BCUT2D eigenvalue weighted by Crippen LogP contribution is -2.42. The fraction of sp³-hybridized carbons (Fsp3) is 0.400. The molecule has 3 rings (SSSR count). The van der Waals surface area contributed by atoms with Crippen LogP contribution in [0.3, 0.4) is 0 Å². The van der Waals surface area contributed by atoms with Crippen LogP contribution in [0, 0.1) is 0 Å². The SMILES string of the molecule is O=C1CCCCC(C(=O)Nc2ccc(Cc3nn[nH]n3)cc2)N1. The predicted octanol–water partition coefficient (Wildman–Crippen LogP) is 0.788. The van der Waals surface area contributed by atoms with Gasteiger partial charge in [0, 0.05) is 18.5 Å². The average Bonchev–Trinajstić information content (AvgIpc) is 2.95. The Labute approximate surface area is 133 Å². The summed E-state index contributed by atoms with van der Waals surface area (Å²) in [5.41, 5.74) is 1.72. The molecule has 1 aromatic carbocycles. The highest BCUT2D eigenvalue weighted by molar-refractivity contribution is 5.97. The quantitative estimate of drug-likeness (QED) is 0.772. The highest BCUT2D eigenvalue weighted by Crippen LogP contribution is 2.14. The van der Waals surface area contributed by atoms with Crippen LogP contribution in [0.1, 0.15) is 37.1 Å². The third kappa shape index (κ3) is 4.12. The molecular weight excluding hydrogens is 296 g/mol. The smallest absolute Gasteiger partial charge is 0.246 e. The third-order valence-corrected chi connectivity index (χ3v) is 3.77. The molecule has 1 fully saturated rings. The Morgan fingerprint density at radius 3 is 2.83 bits per heavy atom. The molecule has 0 spiro atoms. The van der Waals surface area contributed by atoms with E-state index in [9.17, 15) is 9.59 Å². The van der Waals surface area contributed by atoms with Gasteiger partial charge in [-0.15, -0.1) is 10.2 Å². The second-order valence-electron chi connectivity index (χ2n) is 5.56. The normalized spacial score (nSPS) is 18.1. The zero-order chi connectivity index (χ0) is 16.1. The van der Waals surface area contributed by atoms with Crippen LogP contribution in [0.15, 0.2) is 24.3 Å². The van der Waals surface area contributed by atoms with Crippen molar-refractivity contribution in [3.63, 3.8) is 0 Å². The van der Waals surface area contributed by atoms with Crippen molar-refractivity contribution in [2.45, 2.75) is 38.1 Å². The van der Waals surface area contributed by atoms with Crippen molar-refractivity contribution in [2.75, 3.05) is 5.32 Å². The molecule has 1 unspecified atom stereocenters. The first-order chi connectivity index (χ1) is 11.2. The lowest BCUT2D eigenvalue weighted by atomic mass is 10.1. The number of tetrazole rings is 1. The van der Waals surface area contributed by atoms with E-state index in [1.807, 2.05) is 24.3 Å². The van der Waals surface area contributed by atoms with E-state index < -0.39 is 6.04 Å². The number of anilines is 1. The van der Waals surface area contributed by atoms with Gasteiger partial charge in [-0.05, 0) is 30.5 Å². The number of amides is 2. The number of hydrogen-bond donors (Lipinski definition) is 3. The number of aromatic nitrogens is 4. The number of carbonyl (C=O) groups excluding carboxylic acids is 2. The Balaban J connectivity index is 1.59. The third-order valence-electron chi connectivity index (χ3n) is 3.77. The lowest BCUT2D eigenvalue weighted by molar-refractivity contribution is -0.125. The van der Waals surface area contributed by atoms with E-state index in [4.69, 9.17) is 0 Å². The standard InChI is InChI=1S/C15H18N6O2/c22-14-4-2-1-3-12(17-14)15(23)16-11-7-5-10(6-8-11)9-13-18-20-21-19-13/h5-8,12H,1-4,9H2,(H,16,23)(H,17,22)(H,18,19,20,21). The molecule has 120 valence electrons. The molecule has 2 aromatic rings. The number of nitrogens with zero attached hydrogens (tertiary/aromatic N) is 3. The number of rotatable bonds is 4. The van der Waals surface area contributed by atoms with Gasteiger partial charge in [0.1, 0.15) is 6.04 Å². The number of nitrogens with one attached hydrogen (secondary N) is 3. The summed E-state index contributed by atoms with van der Waals surface area (Å²) in [5, 5.41) is 19.3. The molecule has 3 N–H and O–H groups in total. The maximum absolute atomic E-state index is 12.2. The summed E-state index contributed by atoms with van der Waals surface area (Å²) in [7, 11) is 0. The minimum atomic E-state index is -0.455. The van der Waals surface area contributed by atoms with Crippen molar-refractivity contribution in [3.8, 4) is 0 Å². The molecule has 0 aliphatic carbocycles. The molecule has 1 atom stereocenters. The van der Waals surface area contributed by atoms with Crippen molar-refractivity contribution in [2.24, 2.45) is 0 Å². The molecular formula is C15H18N6O2. The van der Waals surface area contributed by atoms with Gasteiger partial charge >= 0.3 is 0 Å². The highest BCUT2D eigenvalue weighted by atomic mass is 16.2. The van der Waals surface area contributed by atoms with E-state index in [-0.39, 0.29) is 11.8 Å². The molecule has 1 aliphatic heterocycles. The first-order valence-corrected chi connectivity index (χ1v) is 7.62. The maximum atomic E-state index is 12.2. The van der Waals surface area contributed by atoms with Crippen LogP contribution in [0.25, 0.3) is 0 Å². The van der Waals surface area contributed by atoms with Crippen LogP contribution in [0.4, 0.5) is 5.69 Å². The van der Waals surface area contributed by atoms with E-state index in [0.29, 0.717) is 30.8 Å². The lowest BCUT2D eigenvalue weighted by Gasteiger charge is -2.15. The first-order valence-electron chi connectivity index (χ1n) is 7.62.